The maximum atomic E-state index is 13.0. The Labute approximate surface area is 75.0 Å². The molecule has 0 aliphatic carbocycles. The molecule has 0 fully saturated rings. The van der Waals surface area contributed by atoms with Gasteiger partial charge in [-0.3, -0.25) is 4.29 Å². The summed E-state index contributed by atoms with van der Waals surface area (Å²) in [6.07, 6.45) is 0. The van der Waals surface area contributed by atoms with Gasteiger partial charge in [0.2, 0.25) is 0 Å². The highest BCUT2D eigenvalue weighted by atomic mass is 35.5. The first-order chi connectivity index (χ1) is 5.77. The molecule has 0 aliphatic rings. The van der Waals surface area contributed by atoms with E-state index < -0.39 is 5.82 Å². The smallest absolute Gasteiger partial charge is 0.165 e. The van der Waals surface area contributed by atoms with Gasteiger partial charge in [-0.05, 0) is 17.7 Å². The predicted molar refractivity (Wildman–Crippen MR) is 43.6 cm³/mol. The fourth-order valence-electron chi connectivity index (χ4n) is 0.863. The molecule has 2 nitrogen and oxygen atoms in total. The van der Waals surface area contributed by atoms with E-state index in [-0.39, 0.29) is 12.4 Å². The summed E-state index contributed by atoms with van der Waals surface area (Å²) in [5, 5.41) is 0. The van der Waals surface area contributed by atoms with E-state index in [4.69, 9.17) is 16.6 Å². The van der Waals surface area contributed by atoms with Crippen LogP contribution in [0.3, 0.4) is 0 Å². The molecule has 0 heterocycles. The van der Waals surface area contributed by atoms with Crippen LogP contribution in [0.2, 0.25) is 0 Å². The van der Waals surface area contributed by atoms with Crippen LogP contribution in [-0.2, 0) is 10.9 Å². The average Bonchev–Trinajstić information content (AvgIpc) is 2.05. The van der Waals surface area contributed by atoms with E-state index in [0.717, 1.165) is 0 Å². The van der Waals surface area contributed by atoms with Crippen molar-refractivity contribution in [2.24, 2.45) is 0 Å². The van der Waals surface area contributed by atoms with Crippen molar-refractivity contribution < 1.29 is 13.4 Å². The third-order valence-corrected chi connectivity index (χ3v) is 1.55. The van der Waals surface area contributed by atoms with Crippen molar-refractivity contribution in [2.75, 3.05) is 7.11 Å². The van der Waals surface area contributed by atoms with Gasteiger partial charge in [0.1, 0.15) is 0 Å². The number of hydrogen-bond acceptors (Lipinski definition) is 2. The zero-order valence-electron chi connectivity index (χ0n) is 6.51. The van der Waals surface area contributed by atoms with E-state index in [1.807, 2.05) is 0 Å². The molecule has 0 unspecified atom stereocenters. The van der Waals surface area contributed by atoms with Crippen LogP contribution in [0.15, 0.2) is 18.2 Å². The standard InChI is InChI=1S/C8H8ClFO2/c1-11-8-3-2-6(5-12-9)4-7(8)10/h2-4H,5H2,1H3. The van der Waals surface area contributed by atoms with Crippen LogP contribution in [-0.4, -0.2) is 7.11 Å². The molecule has 12 heavy (non-hydrogen) atoms. The first-order valence-electron chi connectivity index (χ1n) is 3.34. The second-order valence-electron chi connectivity index (χ2n) is 2.22. The van der Waals surface area contributed by atoms with Crippen LogP contribution in [0.4, 0.5) is 4.39 Å². The van der Waals surface area contributed by atoms with Gasteiger partial charge in [-0.15, -0.1) is 0 Å². The van der Waals surface area contributed by atoms with Gasteiger partial charge in [0.05, 0.1) is 25.6 Å². The summed E-state index contributed by atoms with van der Waals surface area (Å²) in [5.41, 5.74) is 0.670. The van der Waals surface area contributed by atoms with Gasteiger partial charge in [0.15, 0.2) is 11.6 Å². The van der Waals surface area contributed by atoms with Crippen molar-refractivity contribution in [3.63, 3.8) is 0 Å². The van der Waals surface area contributed by atoms with Gasteiger partial charge >= 0.3 is 0 Å². The number of methoxy groups -OCH3 is 1. The number of halogens is 2. The summed E-state index contributed by atoms with van der Waals surface area (Å²) < 4.78 is 22.0. The quantitative estimate of drug-likeness (QED) is 0.729. The molecule has 1 aromatic rings. The summed E-state index contributed by atoms with van der Waals surface area (Å²) in [6, 6.07) is 4.53. The Kier molecular flexibility index (Phi) is 3.31. The fourth-order valence-corrected chi connectivity index (χ4v) is 0.989. The normalized spacial score (nSPS) is 9.92. The van der Waals surface area contributed by atoms with Crippen molar-refractivity contribution in [3.05, 3.63) is 29.6 Å². The number of benzene rings is 1. The lowest BCUT2D eigenvalue weighted by atomic mass is 10.2. The Hall–Kier alpha value is -0.800. The van der Waals surface area contributed by atoms with Crippen molar-refractivity contribution in [1.82, 2.24) is 0 Å². The minimum absolute atomic E-state index is 0.183. The molecule has 0 aliphatic heterocycles. The molecule has 0 amide bonds. The highest BCUT2D eigenvalue weighted by Gasteiger charge is 2.02. The van der Waals surface area contributed by atoms with Crippen molar-refractivity contribution in [3.8, 4) is 5.75 Å². The molecular weight excluding hydrogens is 183 g/mol. The van der Waals surface area contributed by atoms with Gasteiger partial charge < -0.3 is 4.74 Å². The lowest BCUT2D eigenvalue weighted by Gasteiger charge is -2.02. The molecule has 0 atom stereocenters. The van der Waals surface area contributed by atoms with Crippen molar-refractivity contribution in [1.29, 1.82) is 0 Å². The first-order valence-corrected chi connectivity index (χ1v) is 3.64. The van der Waals surface area contributed by atoms with Crippen LogP contribution in [0.5, 0.6) is 5.75 Å². The maximum absolute atomic E-state index is 13.0. The molecule has 0 saturated heterocycles. The molecule has 4 heteroatoms. The van der Waals surface area contributed by atoms with Crippen LogP contribution < -0.4 is 4.74 Å². The number of hydrogen-bond donors (Lipinski definition) is 0. The van der Waals surface area contributed by atoms with E-state index >= 15 is 0 Å². The Morgan fingerprint density at radius 1 is 1.50 bits per heavy atom. The van der Waals surface area contributed by atoms with Crippen molar-refractivity contribution >= 4 is 11.9 Å². The van der Waals surface area contributed by atoms with Crippen LogP contribution in [0.1, 0.15) is 5.56 Å². The Morgan fingerprint density at radius 2 is 2.25 bits per heavy atom. The summed E-state index contributed by atoms with van der Waals surface area (Å²) in [7, 11) is 1.41. The largest absolute Gasteiger partial charge is 0.494 e. The molecule has 1 aromatic carbocycles. The van der Waals surface area contributed by atoms with E-state index in [1.165, 1.54) is 19.2 Å². The molecule has 0 spiro atoms. The second kappa shape index (κ2) is 4.28. The molecule has 66 valence electrons. The molecule has 1 rings (SSSR count). The van der Waals surface area contributed by atoms with E-state index in [1.54, 1.807) is 6.07 Å². The van der Waals surface area contributed by atoms with Crippen molar-refractivity contribution in [2.45, 2.75) is 6.61 Å². The molecule has 0 saturated carbocycles. The Bertz CT molecular complexity index is 265. The number of ether oxygens (including phenoxy) is 1. The minimum atomic E-state index is -0.413. The minimum Gasteiger partial charge on any atom is -0.494 e. The third kappa shape index (κ3) is 2.09. The van der Waals surface area contributed by atoms with E-state index in [0.29, 0.717) is 5.56 Å². The molecule has 0 aromatic heterocycles. The zero-order valence-corrected chi connectivity index (χ0v) is 7.27. The summed E-state index contributed by atoms with van der Waals surface area (Å²) in [4.78, 5) is 0. The molecule has 0 radical (unpaired) electrons. The van der Waals surface area contributed by atoms with E-state index in [2.05, 4.69) is 4.29 Å². The highest BCUT2D eigenvalue weighted by Crippen LogP contribution is 2.18. The van der Waals surface area contributed by atoms with E-state index in [9.17, 15) is 4.39 Å². The van der Waals surface area contributed by atoms with Gasteiger partial charge in [0.25, 0.3) is 0 Å². The van der Waals surface area contributed by atoms with Gasteiger partial charge in [-0.25, -0.2) is 4.39 Å². The molecule has 0 N–H and O–H groups in total. The second-order valence-corrected chi connectivity index (χ2v) is 2.44. The maximum Gasteiger partial charge on any atom is 0.165 e. The zero-order chi connectivity index (χ0) is 8.97. The Morgan fingerprint density at radius 3 is 2.75 bits per heavy atom. The fraction of sp³-hybridized carbons (Fsp3) is 0.250. The lowest BCUT2D eigenvalue weighted by Crippen LogP contribution is -1.90. The van der Waals surface area contributed by atoms with Gasteiger partial charge in [-0.2, -0.15) is 0 Å². The van der Waals surface area contributed by atoms with Crippen LogP contribution in [0.25, 0.3) is 0 Å². The predicted octanol–water partition coefficient (Wildman–Crippen LogP) is 2.50. The monoisotopic (exact) mass is 190 g/mol. The van der Waals surface area contributed by atoms with Crippen LogP contribution >= 0.6 is 11.9 Å². The lowest BCUT2D eigenvalue weighted by molar-refractivity contribution is 0.338. The average molecular weight is 191 g/mol. The first kappa shape index (κ1) is 9.29. The van der Waals surface area contributed by atoms with Gasteiger partial charge in [0, 0.05) is 0 Å². The third-order valence-electron chi connectivity index (χ3n) is 1.44. The summed E-state index contributed by atoms with van der Waals surface area (Å²) in [5.74, 6) is -0.197. The molecular formula is C8H8ClFO2. The SMILES string of the molecule is COc1ccc(COCl)cc1F. The number of rotatable bonds is 3. The van der Waals surface area contributed by atoms with Gasteiger partial charge in [-0.1, -0.05) is 6.07 Å². The Balaban J connectivity index is 2.86. The summed E-state index contributed by atoms with van der Waals surface area (Å²) >= 11 is 5.01. The summed E-state index contributed by atoms with van der Waals surface area (Å²) in [6.45, 7) is 0.183. The topological polar surface area (TPSA) is 18.5 Å². The highest BCUT2D eigenvalue weighted by molar-refractivity contribution is 6.07. The molecule has 0 bridgehead atoms. The van der Waals surface area contributed by atoms with Crippen LogP contribution in [0, 0.1) is 5.82 Å².